The van der Waals surface area contributed by atoms with Gasteiger partial charge in [-0.15, -0.1) is 0 Å². The molecule has 0 aromatic heterocycles. The molecule has 0 bridgehead atoms. The summed E-state index contributed by atoms with van der Waals surface area (Å²) in [6.07, 6.45) is 1.54. The minimum absolute atomic E-state index is 0.0653. The molecule has 0 saturated carbocycles. The van der Waals surface area contributed by atoms with Crippen molar-refractivity contribution in [3.8, 4) is 0 Å². The molecule has 19 heavy (non-hydrogen) atoms. The molecule has 3 N–H and O–H groups in total. The van der Waals surface area contributed by atoms with Crippen LogP contribution in [0.3, 0.4) is 0 Å². The van der Waals surface area contributed by atoms with Crippen molar-refractivity contribution in [3.05, 3.63) is 0 Å². The van der Waals surface area contributed by atoms with Crippen LogP contribution in [0.15, 0.2) is 0 Å². The first-order chi connectivity index (χ1) is 8.99. The Balaban J connectivity index is 2.54. The molecular weight excluding hydrogens is 248 g/mol. The van der Waals surface area contributed by atoms with E-state index in [1.54, 1.807) is 4.90 Å². The van der Waals surface area contributed by atoms with Gasteiger partial charge in [0.1, 0.15) is 0 Å². The summed E-state index contributed by atoms with van der Waals surface area (Å²) >= 11 is 0. The molecule has 1 saturated heterocycles. The average molecular weight is 272 g/mol. The van der Waals surface area contributed by atoms with E-state index in [-0.39, 0.29) is 36.9 Å². The molecule has 0 spiro atoms. The fourth-order valence-corrected chi connectivity index (χ4v) is 2.22. The Morgan fingerprint density at radius 1 is 1.32 bits per heavy atom. The van der Waals surface area contributed by atoms with E-state index >= 15 is 0 Å². The van der Waals surface area contributed by atoms with Gasteiger partial charge in [-0.3, -0.25) is 9.59 Å². The highest BCUT2D eigenvalue weighted by Gasteiger charge is 2.29. The van der Waals surface area contributed by atoms with Crippen molar-refractivity contribution in [1.29, 1.82) is 0 Å². The number of amides is 2. The molecule has 1 unspecified atom stereocenters. The van der Waals surface area contributed by atoms with Gasteiger partial charge in [0.15, 0.2) is 0 Å². The first-order valence-corrected chi connectivity index (χ1v) is 6.80. The van der Waals surface area contributed by atoms with Gasteiger partial charge in [-0.1, -0.05) is 13.8 Å². The van der Waals surface area contributed by atoms with Gasteiger partial charge < -0.3 is 20.4 Å². The standard InChI is InChI=1S/C13H24N2O4/c1-9(2)13(19)15-5-3-4-10(6-15)12(18)14-11(7-16)8-17/h9-11,16-17H,3-8H2,1-2H3,(H,14,18). The summed E-state index contributed by atoms with van der Waals surface area (Å²) in [4.78, 5) is 25.6. The second kappa shape index (κ2) is 7.45. The van der Waals surface area contributed by atoms with Crippen LogP contribution in [0.5, 0.6) is 0 Å². The summed E-state index contributed by atoms with van der Waals surface area (Å²) in [6, 6.07) is -0.622. The molecule has 2 amide bonds. The average Bonchev–Trinajstić information content (AvgIpc) is 2.43. The fourth-order valence-electron chi connectivity index (χ4n) is 2.22. The number of aliphatic hydroxyl groups is 2. The van der Waals surface area contributed by atoms with Gasteiger partial charge in [0.25, 0.3) is 0 Å². The number of likely N-dealkylation sites (tertiary alicyclic amines) is 1. The number of carbonyl (C=O) groups is 2. The Morgan fingerprint density at radius 3 is 2.47 bits per heavy atom. The van der Waals surface area contributed by atoms with Crippen molar-refractivity contribution in [1.82, 2.24) is 10.2 Å². The molecule has 1 aliphatic rings. The molecule has 1 atom stereocenters. The normalized spacial score (nSPS) is 19.9. The van der Waals surface area contributed by atoms with E-state index in [1.165, 1.54) is 0 Å². The van der Waals surface area contributed by atoms with Crippen LogP contribution >= 0.6 is 0 Å². The number of nitrogens with zero attached hydrogens (tertiary/aromatic N) is 1. The van der Waals surface area contributed by atoms with Crippen molar-refractivity contribution in [3.63, 3.8) is 0 Å². The van der Waals surface area contributed by atoms with E-state index in [9.17, 15) is 9.59 Å². The van der Waals surface area contributed by atoms with E-state index in [0.717, 1.165) is 12.8 Å². The lowest BCUT2D eigenvalue weighted by Gasteiger charge is -2.33. The van der Waals surface area contributed by atoms with E-state index < -0.39 is 6.04 Å². The predicted octanol–water partition coefficient (Wildman–Crippen LogP) is -0.650. The Morgan fingerprint density at radius 2 is 1.95 bits per heavy atom. The van der Waals surface area contributed by atoms with Crippen molar-refractivity contribution >= 4 is 11.8 Å². The Bertz CT molecular complexity index is 316. The molecule has 1 fully saturated rings. The van der Waals surface area contributed by atoms with Crippen LogP contribution in [0.2, 0.25) is 0 Å². The number of carbonyl (C=O) groups excluding carboxylic acids is 2. The van der Waals surface area contributed by atoms with Crippen LogP contribution in [0.4, 0.5) is 0 Å². The summed E-state index contributed by atoms with van der Waals surface area (Å²) in [5.74, 6) is -0.450. The van der Waals surface area contributed by atoms with Crippen molar-refractivity contribution in [2.75, 3.05) is 26.3 Å². The maximum atomic E-state index is 12.0. The van der Waals surface area contributed by atoms with E-state index in [1.807, 2.05) is 13.8 Å². The van der Waals surface area contributed by atoms with Crippen LogP contribution in [-0.2, 0) is 9.59 Å². The SMILES string of the molecule is CC(C)C(=O)N1CCCC(C(=O)NC(CO)CO)C1. The highest BCUT2D eigenvalue weighted by Crippen LogP contribution is 2.18. The maximum Gasteiger partial charge on any atom is 0.225 e. The molecule has 6 nitrogen and oxygen atoms in total. The van der Waals surface area contributed by atoms with Crippen molar-refractivity contribution in [2.24, 2.45) is 11.8 Å². The third-order valence-electron chi connectivity index (χ3n) is 3.38. The van der Waals surface area contributed by atoms with Gasteiger partial charge in [0, 0.05) is 19.0 Å². The molecule has 6 heteroatoms. The van der Waals surface area contributed by atoms with Gasteiger partial charge >= 0.3 is 0 Å². The maximum absolute atomic E-state index is 12.0. The lowest BCUT2D eigenvalue weighted by molar-refractivity contribution is -0.138. The minimum Gasteiger partial charge on any atom is -0.394 e. The topological polar surface area (TPSA) is 89.9 Å². The Labute approximate surface area is 113 Å². The largest absolute Gasteiger partial charge is 0.394 e. The molecule has 0 aromatic carbocycles. The summed E-state index contributed by atoms with van der Waals surface area (Å²) in [6.45, 7) is 4.24. The van der Waals surface area contributed by atoms with Crippen LogP contribution < -0.4 is 5.32 Å². The van der Waals surface area contributed by atoms with E-state index in [0.29, 0.717) is 13.1 Å². The number of nitrogens with one attached hydrogen (secondary N) is 1. The third-order valence-corrected chi connectivity index (χ3v) is 3.38. The fraction of sp³-hybridized carbons (Fsp3) is 0.846. The van der Waals surface area contributed by atoms with E-state index in [2.05, 4.69) is 5.32 Å². The van der Waals surface area contributed by atoms with Crippen molar-refractivity contribution < 1.29 is 19.8 Å². The first kappa shape index (κ1) is 15.9. The lowest BCUT2D eigenvalue weighted by atomic mass is 9.96. The van der Waals surface area contributed by atoms with Gasteiger partial charge in [-0.2, -0.15) is 0 Å². The quantitative estimate of drug-likeness (QED) is 0.620. The number of aliphatic hydroxyl groups excluding tert-OH is 2. The number of rotatable bonds is 5. The molecule has 1 heterocycles. The molecule has 1 aliphatic heterocycles. The zero-order chi connectivity index (χ0) is 14.4. The summed E-state index contributed by atoms with van der Waals surface area (Å²) in [5.41, 5.74) is 0. The second-order valence-electron chi connectivity index (χ2n) is 5.35. The monoisotopic (exact) mass is 272 g/mol. The minimum atomic E-state index is -0.622. The van der Waals surface area contributed by atoms with Gasteiger partial charge in [0.05, 0.1) is 25.2 Å². The zero-order valence-electron chi connectivity index (χ0n) is 11.6. The van der Waals surface area contributed by atoms with Gasteiger partial charge in [0.2, 0.25) is 11.8 Å². The molecule has 0 aromatic rings. The lowest BCUT2D eigenvalue weighted by Crippen LogP contribution is -2.49. The highest BCUT2D eigenvalue weighted by atomic mass is 16.3. The molecule has 1 rings (SSSR count). The molecule has 0 aliphatic carbocycles. The van der Waals surface area contributed by atoms with Crippen LogP contribution in [0.25, 0.3) is 0 Å². The van der Waals surface area contributed by atoms with Crippen LogP contribution in [0.1, 0.15) is 26.7 Å². The summed E-state index contributed by atoms with van der Waals surface area (Å²) in [5, 5.41) is 20.5. The molecule has 0 radical (unpaired) electrons. The number of hydrogen-bond acceptors (Lipinski definition) is 4. The molecule has 110 valence electrons. The van der Waals surface area contributed by atoms with Gasteiger partial charge in [-0.05, 0) is 12.8 Å². The summed E-state index contributed by atoms with van der Waals surface area (Å²) in [7, 11) is 0. The van der Waals surface area contributed by atoms with Crippen LogP contribution in [-0.4, -0.2) is 59.3 Å². The summed E-state index contributed by atoms with van der Waals surface area (Å²) < 4.78 is 0. The number of piperidine rings is 1. The Hall–Kier alpha value is -1.14. The highest BCUT2D eigenvalue weighted by molar-refractivity contribution is 5.82. The first-order valence-electron chi connectivity index (χ1n) is 6.80. The number of hydrogen-bond donors (Lipinski definition) is 3. The third kappa shape index (κ3) is 4.47. The van der Waals surface area contributed by atoms with Crippen LogP contribution in [0, 0.1) is 11.8 Å². The predicted molar refractivity (Wildman–Crippen MR) is 70.2 cm³/mol. The second-order valence-corrected chi connectivity index (χ2v) is 5.35. The Kier molecular flexibility index (Phi) is 6.24. The molecular formula is C13H24N2O4. The smallest absolute Gasteiger partial charge is 0.225 e. The van der Waals surface area contributed by atoms with Gasteiger partial charge in [-0.25, -0.2) is 0 Å². The van der Waals surface area contributed by atoms with E-state index in [4.69, 9.17) is 10.2 Å². The zero-order valence-corrected chi connectivity index (χ0v) is 11.6. The van der Waals surface area contributed by atoms with Crippen molar-refractivity contribution in [2.45, 2.75) is 32.7 Å².